The van der Waals surface area contributed by atoms with Gasteiger partial charge in [-0.05, 0) is 54.6 Å². The molecule has 0 spiro atoms. The highest BCUT2D eigenvalue weighted by Gasteiger charge is 2.18. The summed E-state index contributed by atoms with van der Waals surface area (Å²) < 4.78 is 1.59. The largest absolute Gasteiger partial charge is 0.366 e. The van der Waals surface area contributed by atoms with Crippen LogP contribution in [0.4, 0.5) is 5.69 Å². The van der Waals surface area contributed by atoms with Gasteiger partial charge in [0.25, 0.3) is 5.91 Å². The molecule has 3 aromatic carbocycles. The Morgan fingerprint density at radius 3 is 2.20 bits per heavy atom. The van der Waals surface area contributed by atoms with Gasteiger partial charge in [-0.2, -0.15) is 5.10 Å². The van der Waals surface area contributed by atoms with Crippen LogP contribution in [0, 0.1) is 0 Å². The zero-order chi connectivity index (χ0) is 21.1. The number of aromatic nitrogens is 2. The highest BCUT2D eigenvalue weighted by molar-refractivity contribution is 6.30. The minimum atomic E-state index is -0.525. The Balaban J connectivity index is 1.70. The number of benzene rings is 3. The van der Waals surface area contributed by atoms with Crippen LogP contribution in [0.1, 0.15) is 20.8 Å². The van der Waals surface area contributed by atoms with Crippen LogP contribution in [0.2, 0.25) is 5.02 Å². The third-order valence-corrected chi connectivity index (χ3v) is 4.76. The molecule has 3 N–H and O–H groups in total. The number of nitrogens with zero attached hydrogens (tertiary/aromatic N) is 2. The van der Waals surface area contributed by atoms with Gasteiger partial charge in [0.1, 0.15) is 5.69 Å². The maximum absolute atomic E-state index is 13.0. The SMILES string of the molecule is NC(=O)c1ccc(NC(=O)c2cc(-c3ccc(Cl)cc3)nn2-c2ccccc2)cc1. The molecular formula is C23H17ClN4O2. The molecule has 148 valence electrons. The molecule has 0 aliphatic heterocycles. The van der Waals surface area contributed by atoms with E-state index >= 15 is 0 Å². The average Bonchev–Trinajstić information content (AvgIpc) is 3.21. The van der Waals surface area contributed by atoms with Crippen molar-refractivity contribution in [3.8, 4) is 16.9 Å². The van der Waals surface area contributed by atoms with Gasteiger partial charge in [0.15, 0.2) is 0 Å². The molecule has 0 aliphatic carbocycles. The van der Waals surface area contributed by atoms with Crippen LogP contribution in [-0.2, 0) is 0 Å². The molecule has 4 aromatic rings. The average molecular weight is 417 g/mol. The van der Waals surface area contributed by atoms with Gasteiger partial charge in [0.05, 0.1) is 11.4 Å². The summed E-state index contributed by atoms with van der Waals surface area (Å²) in [6.07, 6.45) is 0. The molecule has 0 aliphatic rings. The second kappa shape index (κ2) is 8.23. The fourth-order valence-electron chi connectivity index (χ4n) is 2.98. The summed E-state index contributed by atoms with van der Waals surface area (Å²) in [4.78, 5) is 24.3. The molecule has 4 rings (SSSR count). The number of carbonyl (C=O) groups excluding carboxylic acids is 2. The van der Waals surface area contributed by atoms with E-state index in [0.29, 0.717) is 27.7 Å². The molecule has 0 radical (unpaired) electrons. The number of para-hydroxylation sites is 1. The minimum Gasteiger partial charge on any atom is -0.366 e. The van der Waals surface area contributed by atoms with Crippen molar-refractivity contribution in [1.82, 2.24) is 9.78 Å². The fourth-order valence-corrected chi connectivity index (χ4v) is 3.11. The lowest BCUT2D eigenvalue weighted by Gasteiger charge is -2.08. The normalized spacial score (nSPS) is 10.6. The summed E-state index contributed by atoms with van der Waals surface area (Å²) in [5, 5.41) is 8.09. The van der Waals surface area contributed by atoms with Gasteiger partial charge in [-0.1, -0.05) is 41.9 Å². The number of halogens is 1. The molecule has 6 nitrogen and oxygen atoms in total. The van der Waals surface area contributed by atoms with Crippen LogP contribution in [-0.4, -0.2) is 21.6 Å². The van der Waals surface area contributed by atoms with E-state index in [2.05, 4.69) is 10.4 Å². The number of nitrogens with one attached hydrogen (secondary N) is 1. The Labute approximate surface area is 177 Å². The van der Waals surface area contributed by atoms with Crippen molar-refractivity contribution in [3.05, 3.63) is 101 Å². The van der Waals surface area contributed by atoms with Gasteiger partial charge in [0.2, 0.25) is 5.91 Å². The van der Waals surface area contributed by atoms with Crippen molar-refractivity contribution >= 4 is 29.1 Å². The van der Waals surface area contributed by atoms with E-state index in [0.717, 1.165) is 11.3 Å². The predicted octanol–water partition coefficient (Wildman–Crippen LogP) is 4.54. The van der Waals surface area contributed by atoms with Crippen molar-refractivity contribution in [2.75, 3.05) is 5.32 Å². The molecular weight excluding hydrogens is 400 g/mol. The van der Waals surface area contributed by atoms with Crippen LogP contribution in [0.3, 0.4) is 0 Å². The molecule has 30 heavy (non-hydrogen) atoms. The molecule has 1 heterocycles. The zero-order valence-electron chi connectivity index (χ0n) is 15.7. The summed E-state index contributed by atoms with van der Waals surface area (Å²) >= 11 is 5.98. The van der Waals surface area contributed by atoms with Crippen molar-refractivity contribution in [2.45, 2.75) is 0 Å². The predicted molar refractivity (Wildman–Crippen MR) is 117 cm³/mol. The fraction of sp³-hybridized carbons (Fsp3) is 0. The van der Waals surface area contributed by atoms with Gasteiger partial charge in [-0.15, -0.1) is 0 Å². The standard InChI is InChI=1S/C23H17ClN4O2/c24-17-10-6-15(7-11-17)20-14-21(28(27-20)19-4-2-1-3-5-19)23(30)26-18-12-8-16(9-13-18)22(25)29/h1-14H,(H2,25,29)(H,26,30). The molecule has 2 amide bonds. The van der Waals surface area contributed by atoms with Crippen LogP contribution in [0.25, 0.3) is 16.9 Å². The Hall–Kier alpha value is -3.90. The third kappa shape index (κ3) is 4.09. The summed E-state index contributed by atoms with van der Waals surface area (Å²) in [5.74, 6) is -0.860. The van der Waals surface area contributed by atoms with E-state index in [9.17, 15) is 9.59 Å². The molecule has 0 bridgehead atoms. The van der Waals surface area contributed by atoms with E-state index in [1.165, 1.54) is 0 Å². The van der Waals surface area contributed by atoms with Crippen LogP contribution >= 0.6 is 11.6 Å². The number of hydrogen-bond donors (Lipinski definition) is 2. The first-order valence-electron chi connectivity index (χ1n) is 9.14. The number of rotatable bonds is 5. The number of primary amides is 1. The van der Waals surface area contributed by atoms with Gasteiger partial charge >= 0.3 is 0 Å². The van der Waals surface area contributed by atoms with Crippen LogP contribution < -0.4 is 11.1 Å². The summed E-state index contributed by atoms with van der Waals surface area (Å²) in [6, 6.07) is 24.8. The molecule has 1 aromatic heterocycles. The first-order valence-corrected chi connectivity index (χ1v) is 9.52. The highest BCUT2D eigenvalue weighted by atomic mass is 35.5. The van der Waals surface area contributed by atoms with E-state index < -0.39 is 5.91 Å². The van der Waals surface area contributed by atoms with E-state index in [1.807, 2.05) is 42.5 Å². The van der Waals surface area contributed by atoms with E-state index in [4.69, 9.17) is 17.3 Å². The van der Waals surface area contributed by atoms with Crippen LogP contribution in [0.5, 0.6) is 0 Å². The topological polar surface area (TPSA) is 90.0 Å². The van der Waals surface area contributed by atoms with Gasteiger partial charge in [-0.25, -0.2) is 4.68 Å². The second-order valence-electron chi connectivity index (χ2n) is 6.56. The Morgan fingerprint density at radius 1 is 0.900 bits per heavy atom. The monoisotopic (exact) mass is 416 g/mol. The van der Waals surface area contributed by atoms with E-state index in [1.54, 1.807) is 47.1 Å². The van der Waals surface area contributed by atoms with E-state index in [-0.39, 0.29) is 5.91 Å². The molecule has 0 saturated heterocycles. The van der Waals surface area contributed by atoms with Crippen molar-refractivity contribution < 1.29 is 9.59 Å². The van der Waals surface area contributed by atoms with Gasteiger partial charge < -0.3 is 11.1 Å². The number of anilines is 1. The first-order chi connectivity index (χ1) is 14.5. The molecule has 0 saturated carbocycles. The lowest BCUT2D eigenvalue weighted by molar-refractivity contribution is 0.0997. The van der Waals surface area contributed by atoms with Crippen molar-refractivity contribution in [2.24, 2.45) is 5.73 Å². The third-order valence-electron chi connectivity index (χ3n) is 4.51. The second-order valence-corrected chi connectivity index (χ2v) is 7.00. The van der Waals surface area contributed by atoms with Crippen LogP contribution in [0.15, 0.2) is 84.9 Å². The quantitative estimate of drug-likeness (QED) is 0.500. The number of carbonyl (C=O) groups is 2. The number of amides is 2. The Kier molecular flexibility index (Phi) is 5.32. The minimum absolute atomic E-state index is 0.335. The summed E-state index contributed by atoms with van der Waals surface area (Å²) in [5.41, 5.74) is 8.78. The van der Waals surface area contributed by atoms with Gasteiger partial charge in [-0.3, -0.25) is 9.59 Å². The smallest absolute Gasteiger partial charge is 0.274 e. The maximum Gasteiger partial charge on any atom is 0.274 e. The molecule has 0 fully saturated rings. The Bertz CT molecular complexity index is 1200. The Morgan fingerprint density at radius 2 is 1.57 bits per heavy atom. The lowest BCUT2D eigenvalue weighted by Crippen LogP contribution is -2.17. The lowest BCUT2D eigenvalue weighted by atomic mass is 10.1. The highest BCUT2D eigenvalue weighted by Crippen LogP contribution is 2.24. The molecule has 0 atom stereocenters. The molecule has 7 heteroatoms. The maximum atomic E-state index is 13.0. The summed E-state index contributed by atoms with van der Waals surface area (Å²) in [6.45, 7) is 0. The van der Waals surface area contributed by atoms with Crippen molar-refractivity contribution in [3.63, 3.8) is 0 Å². The summed E-state index contributed by atoms with van der Waals surface area (Å²) in [7, 11) is 0. The number of nitrogens with two attached hydrogens (primary N) is 1. The first kappa shape index (κ1) is 19.4. The number of hydrogen-bond acceptors (Lipinski definition) is 3. The molecule has 0 unspecified atom stereocenters. The van der Waals surface area contributed by atoms with Gasteiger partial charge in [0, 0.05) is 21.8 Å². The van der Waals surface area contributed by atoms with Crippen molar-refractivity contribution in [1.29, 1.82) is 0 Å². The zero-order valence-corrected chi connectivity index (χ0v) is 16.5.